The summed E-state index contributed by atoms with van der Waals surface area (Å²) in [5, 5.41) is 5.03. The van der Waals surface area contributed by atoms with Crippen molar-refractivity contribution >= 4 is 29.8 Å². The molecule has 0 unspecified atom stereocenters. The Kier molecular flexibility index (Phi) is 7.30. The van der Waals surface area contributed by atoms with Crippen LogP contribution in [0.15, 0.2) is 36.4 Å². The smallest absolute Gasteiger partial charge is 0.343 e. The molecule has 9 nitrogen and oxygen atoms in total. The van der Waals surface area contributed by atoms with Crippen LogP contribution in [0.25, 0.3) is 0 Å². The highest BCUT2D eigenvalue weighted by Crippen LogP contribution is 2.33. The first-order valence-electron chi connectivity index (χ1n) is 8.44. The Balaban J connectivity index is 2.06. The average Bonchev–Trinajstić information content (AvgIpc) is 2.76. The summed E-state index contributed by atoms with van der Waals surface area (Å²) >= 11 is 0. The van der Waals surface area contributed by atoms with Gasteiger partial charge in [0.25, 0.3) is 11.8 Å². The minimum Gasteiger partial charge on any atom is -0.493 e. The highest BCUT2D eigenvalue weighted by atomic mass is 16.5. The third-order valence-electron chi connectivity index (χ3n) is 3.90. The number of benzene rings is 2. The summed E-state index contributed by atoms with van der Waals surface area (Å²) in [7, 11) is 4.22. The van der Waals surface area contributed by atoms with Gasteiger partial charge in [0.2, 0.25) is 0 Å². The third-order valence-corrected chi connectivity index (χ3v) is 3.90. The summed E-state index contributed by atoms with van der Waals surface area (Å²) < 4.78 is 15.3. The molecule has 2 aromatic carbocycles. The van der Waals surface area contributed by atoms with Crippen LogP contribution in [0, 0.1) is 0 Å². The number of nitrogens with one attached hydrogen (secondary N) is 2. The van der Waals surface area contributed by atoms with E-state index in [4.69, 9.17) is 14.2 Å². The second-order valence-corrected chi connectivity index (χ2v) is 5.66. The molecule has 9 heteroatoms. The minimum atomic E-state index is -0.909. The van der Waals surface area contributed by atoms with E-state index in [0.29, 0.717) is 17.5 Å². The monoisotopic (exact) mass is 400 g/mol. The Morgan fingerprint density at radius 2 is 1.69 bits per heavy atom. The highest BCUT2D eigenvalue weighted by Gasteiger charge is 2.23. The molecule has 0 bridgehead atoms. The fourth-order valence-electron chi connectivity index (χ4n) is 2.50. The van der Waals surface area contributed by atoms with Crippen molar-refractivity contribution in [1.29, 1.82) is 0 Å². The lowest BCUT2D eigenvalue weighted by atomic mass is 10.1. The molecule has 0 radical (unpaired) electrons. The fourth-order valence-corrected chi connectivity index (χ4v) is 2.50. The van der Waals surface area contributed by atoms with Gasteiger partial charge in [-0.05, 0) is 36.4 Å². The van der Waals surface area contributed by atoms with Gasteiger partial charge in [-0.1, -0.05) is 0 Å². The maximum absolute atomic E-state index is 12.4. The number of hydrogen-bond donors (Lipinski definition) is 2. The van der Waals surface area contributed by atoms with Gasteiger partial charge in [0, 0.05) is 23.9 Å². The number of anilines is 1. The maximum atomic E-state index is 12.4. The molecule has 2 aromatic rings. The molecule has 0 fully saturated rings. The molecular formula is C20H20N2O7. The van der Waals surface area contributed by atoms with Crippen molar-refractivity contribution in [3.63, 3.8) is 0 Å². The molecule has 0 aromatic heterocycles. The highest BCUT2D eigenvalue weighted by molar-refractivity contribution is 6.03. The van der Waals surface area contributed by atoms with Crippen LogP contribution in [-0.4, -0.2) is 51.9 Å². The van der Waals surface area contributed by atoms with Gasteiger partial charge in [0.1, 0.15) is 5.56 Å². The van der Waals surface area contributed by atoms with Crippen LogP contribution in [0.3, 0.4) is 0 Å². The molecule has 2 rings (SSSR count). The van der Waals surface area contributed by atoms with E-state index in [2.05, 4.69) is 10.6 Å². The Hall–Kier alpha value is -3.88. The number of methoxy groups -OCH3 is 2. The number of aldehydes is 1. The molecule has 29 heavy (non-hydrogen) atoms. The van der Waals surface area contributed by atoms with Crippen molar-refractivity contribution in [3.8, 4) is 11.5 Å². The Morgan fingerprint density at radius 3 is 2.24 bits per heavy atom. The number of amides is 2. The molecule has 2 N–H and O–H groups in total. The third kappa shape index (κ3) is 5.10. The zero-order valence-electron chi connectivity index (χ0n) is 16.1. The predicted molar refractivity (Wildman–Crippen MR) is 104 cm³/mol. The van der Waals surface area contributed by atoms with Crippen LogP contribution in [0.2, 0.25) is 0 Å². The normalized spacial score (nSPS) is 9.90. The summed E-state index contributed by atoms with van der Waals surface area (Å²) in [6.07, 6.45) is 0.479. The largest absolute Gasteiger partial charge is 0.493 e. The number of esters is 1. The van der Waals surface area contributed by atoms with Gasteiger partial charge in [0.05, 0.1) is 14.2 Å². The van der Waals surface area contributed by atoms with E-state index in [1.54, 1.807) is 12.1 Å². The zero-order valence-corrected chi connectivity index (χ0v) is 16.1. The quantitative estimate of drug-likeness (QED) is 0.511. The molecular weight excluding hydrogens is 380 g/mol. The van der Waals surface area contributed by atoms with Gasteiger partial charge >= 0.3 is 5.97 Å². The van der Waals surface area contributed by atoms with Gasteiger partial charge in [-0.3, -0.25) is 14.4 Å². The van der Waals surface area contributed by atoms with Gasteiger partial charge < -0.3 is 24.8 Å². The van der Waals surface area contributed by atoms with E-state index in [0.717, 1.165) is 0 Å². The van der Waals surface area contributed by atoms with Crippen LogP contribution in [0.5, 0.6) is 11.5 Å². The molecule has 0 spiro atoms. The second kappa shape index (κ2) is 9.88. The lowest BCUT2D eigenvalue weighted by Crippen LogP contribution is -2.22. The topological polar surface area (TPSA) is 120 Å². The first-order valence-corrected chi connectivity index (χ1v) is 8.44. The van der Waals surface area contributed by atoms with Crippen molar-refractivity contribution < 1.29 is 33.4 Å². The SMILES string of the molecule is CNC(=O)c1ccc(NC(=O)COC(=O)c2c(C=O)ccc(OC)c2OC)cc1. The molecule has 0 aliphatic carbocycles. The number of carbonyl (C=O) groups is 4. The van der Waals surface area contributed by atoms with Gasteiger partial charge in [-0.2, -0.15) is 0 Å². The average molecular weight is 400 g/mol. The molecule has 0 saturated carbocycles. The van der Waals surface area contributed by atoms with Crippen LogP contribution in [0.4, 0.5) is 5.69 Å². The lowest BCUT2D eigenvalue weighted by molar-refractivity contribution is -0.119. The van der Waals surface area contributed by atoms with Crippen LogP contribution in [-0.2, 0) is 9.53 Å². The van der Waals surface area contributed by atoms with Gasteiger partial charge in [0.15, 0.2) is 24.4 Å². The number of hydrogen-bond acceptors (Lipinski definition) is 7. The van der Waals surface area contributed by atoms with Crippen LogP contribution < -0.4 is 20.1 Å². The van der Waals surface area contributed by atoms with Gasteiger partial charge in [-0.25, -0.2) is 4.79 Å². The van der Waals surface area contributed by atoms with Crippen molar-refractivity contribution in [2.75, 3.05) is 33.2 Å². The van der Waals surface area contributed by atoms with E-state index in [-0.39, 0.29) is 28.5 Å². The molecule has 0 aliphatic heterocycles. The molecule has 152 valence electrons. The van der Waals surface area contributed by atoms with Crippen LogP contribution >= 0.6 is 0 Å². The number of rotatable bonds is 8. The summed E-state index contributed by atoms with van der Waals surface area (Å²) in [6, 6.07) is 9.03. The number of ether oxygens (including phenoxy) is 3. The van der Waals surface area contributed by atoms with Gasteiger partial charge in [-0.15, -0.1) is 0 Å². The molecule has 0 atom stereocenters. The number of carbonyl (C=O) groups excluding carboxylic acids is 4. The van der Waals surface area contributed by atoms with E-state index < -0.39 is 18.5 Å². The zero-order chi connectivity index (χ0) is 21.4. The van der Waals surface area contributed by atoms with E-state index in [1.807, 2.05) is 0 Å². The lowest BCUT2D eigenvalue weighted by Gasteiger charge is -2.14. The predicted octanol–water partition coefficient (Wildman–Crippen LogP) is 1.67. The Bertz CT molecular complexity index is 923. The van der Waals surface area contributed by atoms with E-state index in [1.165, 1.54) is 45.5 Å². The van der Waals surface area contributed by atoms with E-state index in [9.17, 15) is 19.2 Å². The Morgan fingerprint density at radius 1 is 1.00 bits per heavy atom. The Labute approximate surface area is 166 Å². The van der Waals surface area contributed by atoms with Crippen molar-refractivity contribution in [2.24, 2.45) is 0 Å². The maximum Gasteiger partial charge on any atom is 0.343 e. The van der Waals surface area contributed by atoms with Crippen molar-refractivity contribution in [3.05, 3.63) is 53.1 Å². The van der Waals surface area contributed by atoms with Crippen molar-refractivity contribution in [1.82, 2.24) is 5.32 Å². The summed E-state index contributed by atoms with van der Waals surface area (Å²) in [6.45, 7) is -0.589. The summed E-state index contributed by atoms with van der Waals surface area (Å²) in [5.41, 5.74) is 0.761. The fraction of sp³-hybridized carbons (Fsp3) is 0.200. The molecule has 0 saturated heterocycles. The minimum absolute atomic E-state index is 0.0345. The summed E-state index contributed by atoms with van der Waals surface area (Å²) in [5.74, 6) is -1.48. The first kappa shape index (κ1) is 21.4. The van der Waals surface area contributed by atoms with Crippen LogP contribution in [0.1, 0.15) is 31.1 Å². The van der Waals surface area contributed by atoms with E-state index >= 15 is 0 Å². The van der Waals surface area contributed by atoms with Crippen molar-refractivity contribution in [2.45, 2.75) is 0 Å². The molecule has 2 amide bonds. The molecule has 0 aliphatic rings. The first-order chi connectivity index (χ1) is 13.9. The summed E-state index contributed by atoms with van der Waals surface area (Å²) in [4.78, 5) is 47.3. The second-order valence-electron chi connectivity index (χ2n) is 5.66. The molecule has 0 heterocycles. The standard InChI is InChI=1S/C20H20N2O7/c1-21-19(25)12-4-7-14(8-5-12)22-16(24)11-29-20(26)17-13(10-23)6-9-15(27-2)18(17)28-3/h4-10H,11H2,1-3H3,(H,21,25)(H,22,24).